The second kappa shape index (κ2) is 3.82. The minimum absolute atomic E-state index is 0.540. The summed E-state index contributed by atoms with van der Waals surface area (Å²) in [6.45, 7) is 0. The molecule has 1 unspecified atom stereocenters. The first-order valence-corrected chi connectivity index (χ1v) is 6.31. The minimum atomic E-state index is -1.22. The molecule has 0 spiro atoms. The summed E-state index contributed by atoms with van der Waals surface area (Å²) in [4.78, 5) is 12.1. The minimum Gasteiger partial charge on any atom is -0.354 e. The Balaban J connectivity index is 2.20. The number of carbonyl (C=O) groups is 1. The molecule has 0 fully saturated rings. The van der Waals surface area contributed by atoms with E-state index in [1.165, 1.54) is 0 Å². The number of rotatable bonds is 1. The maximum atomic E-state index is 12.3. The number of hydrogen-bond donors (Lipinski definition) is 1. The van der Waals surface area contributed by atoms with Gasteiger partial charge < -0.3 is 5.32 Å². The van der Waals surface area contributed by atoms with Crippen molar-refractivity contribution in [1.29, 1.82) is 0 Å². The zero-order valence-corrected chi connectivity index (χ0v) is 9.66. The van der Waals surface area contributed by atoms with Gasteiger partial charge in [0, 0.05) is 5.56 Å². The van der Waals surface area contributed by atoms with Crippen molar-refractivity contribution in [2.24, 2.45) is 0 Å². The predicted molar refractivity (Wildman–Crippen MR) is 66.2 cm³/mol. The molecule has 4 heteroatoms. The lowest BCUT2D eigenvalue weighted by Crippen LogP contribution is -2.08. The highest BCUT2D eigenvalue weighted by atomic mass is 32.2. The molecular weight excluding hydrogens is 234 g/mol. The molecule has 0 aromatic heterocycles. The molecule has 0 radical (unpaired) electrons. The molecule has 84 valence electrons. The molecule has 2 aromatic rings. The molecule has 0 saturated carbocycles. The van der Waals surface area contributed by atoms with Crippen LogP contribution in [0.2, 0.25) is 0 Å². The van der Waals surface area contributed by atoms with Crippen molar-refractivity contribution in [3.8, 4) is 0 Å². The number of para-hydroxylation sites is 1. The average molecular weight is 243 g/mol. The van der Waals surface area contributed by atoms with Crippen molar-refractivity contribution in [3.63, 3.8) is 0 Å². The van der Waals surface area contributed by atoms with Crippen molar-refractivity contribution in [1.82, 2.24) is 0 Å². The Kier molecular flexibility index (Phi) is 2.30. The first-order chi connectivity index (χ1) is 8.29. The molecule has 1 atom stereocenters. The fourth-order valence-corrected chi connectivity index (χ4v) is 3.18. The third kappa shape index (κ3) is 1.57. The summed E-state index contributed by atoms with van der Waals surface area (Å²) in [6.07, 6.45) is 0.762. The summed E-state index contributed by atoms with van der Waals surface area (Å²) in [5.41, 5.74) is 2.20. The van der Waals surface area contributed by atoms with Gasteiger partial charge in [0.1, 0.15) is 6.29 Å². The third-order valence-electron chi connectivity index (χ3n) is 2.70. The first-order valence-electron chi connectivity index (χ1n) is 5.16. The van der Waals surface area contributed by atoms with E-state index in [-0.39, 0.29) is 0 Å². The van der Waals surface area contributed by atoms with Gasteiger partial charge in [-0.05, 0) is 30.3 Å². The van der Waals surface area contributed by atoms with E-state index in [4.69, 9.17) is 0 Å². The van der Waals surface area contributed by atoms with Crippen LogP contribution in [0.15, 0.2) is 52.3 Å². The van der Waals surface area contributed by atoms with Gasteiger partial charge in [-0.3, -0.25) is 4.79 Å². The van der Waals surface area contributed by atoms with Crippen LogP contribution in [0.25, 0.3) is 0 Å². The molecule has 1 aliphatic heterocycles. The van der Waals surface area contributed by atoms with E-state index in [0.717, 1.165) is 22.6 Å². The molecule has 3 rings (SSSR count). The van der Waals surface area contributed by atoms with Crippen LogP contribution in [0.1, 0.15) is 10.4 Å². The molecule has 3 nitrogen and oxygen atoms in total. The lowest BCUT2D eigenvalue weighted by atomic mass is 10.2. The van der Waals surface area contributed by atoms with Gasteiger partial charge in [-0.2, -0.15) is 0 Å². The van der Waals surface area contributed by atoms with Crippen LogP contribution in [0.4, 0.5) is 11.4 Å². The Labute approximate surface area is 101 Å². The van der Waals surface area contributed by atoms with Crippen LogP contribution in [0, 0.1) is 0 Å². The predicted octanol–water partition coefficient (Wildman–Crippen LogP) is 2.72. The molecule has 1 heterocycles. The molecule has 0 saturated heterocycles. The summed E-state index contributed by atoms with van der Waals surface area (Å²) >= 11 is 0. The van der Waals surface area contributed by atoms with Gasteiger partial charge in [-0.15, -0.1) is 0 Å². The summed E-state index contributed by atoms with van der Waals surface area (Å²) < 4.78 is 12.3. The van der Waals surface area contributed by atoms with E-state index in [1.54, 1.807) is 18.2 Å². The topological polar surface area (TPSA) is 46.2 Å². The number of aldehydes is 1. The van der Waals surface area contributed by atoms with Crippen molar-refractivity contribution >= 4 is 28.5 Å². The highest BCUT2D eigenvalue weighted by Crippen LogP contribution is 2.36. The molecule has 2 aromatic carbocycles. The number of nitrogens with one attached hydrogen (secondary N) is 1. The smallest absolute Gasteiger partial charge is 0.150 e. The second-order valence-electron chi connectivity index (χ2n) is 3.76. The summed E-state index contributed by atoms with van der Waals surface area (Å²) in [5, 5.41) is 3.21. The van der Waals surface area contributed by atoms with Crippen molar-refractivity contribution in [3.05, 3.63) is 48.0 Å². The first kappa shape index (κ1) is 10.2. The van der Waals surface area contributed by atoms with Gasteiger partial charge in [-0.1, -0.05) is 12.1 Å². The van der Waals surface area contributed by atoms with E-state index in [2.05, 4.69) is 5.32 Å². The van der Waals surface area contributed by atoms with E-state index in [0.29, 0.717) is 10.5 Å². The molecule has 0 bridgehead atoms. The lowest BCUT2D eigenvalue weighted by Gasteiger charge is -2.20. The Hall–Kier alpha value is -1.94. The Morgan fingerprint density at radius 3 is 2.59 bits per heavy atom. The van der Waals surface area contributed by atoms with Gasteiger partial charge >= 0.3 is 0 Å². The van der Waals surface area contributed by atoms with Crippen molar-refractivity contribution in [2.75, 3.05) is 5.32 Å². The lowest BCUT2D eigenvalue weighted by molar-refractivity contribution is 0.112. The highest BCUT2D eigenvalue weighted by Gasteiger charge is 2.21. The van der Waals surface area contributed by atoms with E-state index in [1.807, 2.05) is 24.3 Å². The summed E-state index contributed by atoms with van der Waals surface area (Å²) in [7, 11) is -1.22. The SMILES string of the molecule is O=Cc1ccc2c(c1)S(=O)c1ccccc1N2. The number of anilines is 2. The number of benzene rings is 2. The molecule has 1 N–H and O–H groups in total. The largest absolute Gasteiger partial charge is 0.354 e. The van der Waals surface area contributed by atoms with Gasteiger partial charge in [0.25, 0.3) is 0 Å². The molecule has 0 aliphatic carbocycles. The van der Waals surface area contributed by atoms with Crippen LogP contribution >= 0.6 is 0 Å². The van der Waals surface area contributed by atoms with E-state index < -0.39 is 10.8 Å². The Morgan fingerprint density at radius 1 is 1.00 bits per heavy atom. The molecule has 1 aliphatic rings. The summed E-state index contributed by atoms with van der Waals surface area (Å²) in [5.74, 6) is 0. The summed E-state index contributed by atoms with van der Waals surface area (Å²) in [6, 6.07) is 12.6. The Bertz CT molecular complexity index is 637. The van der Waals surface area contributed by atoms with Gasteiger partial charge in [-0.25, -0.2) is 4.21 Å². The van der Waals surface area contributed by atoms with Crippen LogP contribution in [-0.2, 0) is 10.8 Å². The van der Waals surface area contributed by atoms with Crippen LogP contribution in [-0.4, -0.2) is 10.5 Å². The van der Waals surface area contributed by atoms with E-state index >= 15 is 0 Å². The maximum Gasteiger partial charge on any atom is 0.150 e. The quantitative estimate of drug-likeness (QED) is 0.668. The van der Waals surface area contributed by atoms with Crippen LogP contribution in [0.3, 0.4) is 0 Å². The zero-order chi connectivity index (χ0) is 11.8. The number of hydrogen-bond acceptors (Lipinski definition) is 3. The molecule has 0 amide bonds. The Morgan fingerprint density at radius 2 is 1.76 bits per heavy atom. The standard InChI is InChI=1S/C13H9NO2S/c15-8-9-5-6-11-13(7-9)17(16)12-4-2-1-3-10(12)14-11/h1-8,14H. The maximum absolute atomic E-state index is 12.3. The highest BCUT2D eigenvalue weighted by molar-refractivity contribution is 7.85. The average Bonchev–Trinajstić information content (AvgIpc) is 2.39. The van der Waals surface area contributed by atoms with Crippen molar-refractivity contribution in [2.45, 2.75) is 9.79 Å². The fourth-order valence-electron chi connectivity index (χ4n) is 1.86. The zero-order valence-electron chi connectivity index (χ0n) is 8.84. The van der Waals surface area contributed by atoms with Crippen LogP contribution in [0.5, 0.6) is 0 Å². The molecule has 17 heavy (non-hydrogen) atoms. The number of carbonyl (C=O) groups excluding carboxylic acids is 1. The van der Waals surface area contributed by atoms with Crippen LogP contribution < -0.4 is 5.32 Å². The van der Waals surface area contributed by atoms with Crippen molar-refractivity contribution < 1.29 is 9.00 Å². The van der Waals surface area contributed by atoms with Gasteiger partial charge in [0.2, 0.25) is 0 Å². The van der Waals surface area contributed by atoms with Gasteiger partial charge in [0.15, 0.2) is 0 Å². The third-order valence-corrected chi connectivity index (χ3v) is 4.19. The second-order valence-corrected chi connectivity index (χ2v) is 5.18. The monoisotopic (exact) mass is 243 g/mol. The fraction of sp³-hybridized carbons (Fsp3) is 0. The van der Waals surface area contributed by atoms with Gasteiger partial charge in [0.05, 0.1) is 32.0 Å². The number of fused-ring (bicyclic) bond motifs is 2. The normalized spacial score (nSPS) is 16.6. The van der Waals surface area contributed by atoms with E-state index in [9.17, 15) is 9.00 Å². The molecular formula is C13H9NO2S.